The van der Waals surface area contributed by atoms with Gasteiger partial charge in [-0.15, -0.1) is 0 Å². The van der Waals surface area contributed by atoms with Crippen LogP contribution >= 0.6 is 0 Å². The maximum Gasteiger partial charge on any atom is 0.337 e. The number of aromatic carboxylic acids is 1. The predicted octanol–water partition coefficient (Wildman–Crippen LogP) is 5.12. The fourth-order valence-electron chi connectivity index (χ4n) is 4.86. The quantitative estimate of drug-likeness (QED) is 0.397. The van der Waals surface area contributed by atoms with Crippen molar-refractivity contribution >= 4 is 28.5 Å². The molecule has 0 aliphatic carbocycles. The van der Waals surface area contributed by atoms with Crippen LogP contribution in [-0.2, 0) is 13.0 Å². The van der Waals surface area contributed by atoms with E-state index in [1.165, 1.54) is 0 Å². The number of carboxylic acid groups (broad SMARTS) is 1. The van der Waals surface area contributed by atoms with Gasteiger partial charge in [0.15, 0.2) is 11.5 Å². The van der Waals surface area contributed by atoms with E-state index < -0.39 is 5.97 Å². The van der Waals surface area contributed by atoms with Gasteiger partial charge < -0.3 is 15.3 Å². The first-order valence-corrected chi connectivity index (χ1v) is 12.0. The fraction of sp³-hybridized carbons (Fsp3) is 0.207. The summed E-state index contributed by atoms with van der Waals surface area (Å²) in [5.74, 6) is -0.481. The molecule has 4 aromatic rings. The monoisotopic (exact) mass is 488 g/mol. The number of carbonyl (C=O) groups is 1. The highest BCUT2D eigenvalue weighted by molar-refractivity contribution is 5.94. The summed E-state index contributed by atoms with van der Waals surface area (Å²) in [6, 6.07) is 20.5. The molecule has 1 aliphatic rings. The van der Waals surface area contributed by atoms with Crippen LogP contribution in [0, 0.1) is 29.6 Å². The number of nitriles is 2. The standard InChI is InChI=1S/C29H24N6O2/c1-17-11-23(18(2)32-24-6-4-3-5-22(24)29(36)37)27-25(12-17)33-26(15-31)28(34-27)35-10-9-20-13-19(14-30)7-8-21(20)16-35/h3-8,11-13,18,32H,9-10,16H2,1-2H3,(H,36,37). The molecule has 5 rings (SSSR count). The number of nitrogens with one attached hydrogen (secondary N) is 1. The van der Waals surface area contributed by atoms with Crippen molar-refractivity contribution in [3.63, 3.8) is 0 Å². The van der Waals surface area contributed by atoms with Crippen LogP contribution in [0.25, 0.3) is 11.0 Å². The summed E-state index contributed by atoms with van der Waals surface area (Å²) in [4.78, 5) is 23.4. The zero-order chi connectivity index (χ0) is 26.1. The summed E-state index contributed by atoms with van der Waals surface area (Å²) >= 11 is 0. The Hall–Kier alpha value is -4.95. The van der Waals surface area contributed by atoms with Crippen molar-refractivity contribution in [2.45, 2.75) is 32.9 Å². The van der Waals surface area contributed by atoms with Crippen molar-refractivity contribution in [3.05, 3.63) is 93.7 Å². The summed E-state index contributed by atoms with van der Waals surface area (Å²) in [5, 5.41) is 32.0. The number of hydrogen-bond acceptors (Lipinski definition) is 7. The minimum absolute atomic E-state index is 0.191. The smallest absolute Gasteiger partial charge is 0.337 e. The maximum absolute atomic E-state index is 11.7. The zero-order valence-electron chi connectivity index (χ0n) is 20.5. The van der Waals surface area contributed by atoms with E-state index in [4.69, 9.17) is 4.98 Å². The molecule has 1 unspecified atom stereocenters. The minimum atomic E-state index is -1.00. The molecular formula is C29H24N6O2. The van der Waals surface area contributed by atoms with Gasteiger partial charge in [-0.3, -0.25) is 0 Å². The lowest BCUT2D eigenvalue weighted by atomic mass is 9.97. The molecule has 1 atom stereocenters. The largest absolute Gasteiger partial charge is 0.478 e. The molecule has 1 aliphatic heterocycles. The highest BCUT2D eigenvalue weighted by Crippen LogP contribution is 2.32. The first-order chi connectivity index (χ1) is 17.9. The maximum atomic E-state index is 11.7. The molecule has 1 aromatic heterocycles. The number of anilines is 2. The molecule has 182 valence electrons. The molecule has 0 spiro atoms. The van der Waals surface area contributed by atoms with Crippen molar-refractivity contribution in [3.8, 4) is 12.1 Å². The summed E-state index contributed by atoms with van der Waals surface area (Å²) in [7, 11) is 0. The molecule has 37 heavy (non-hydrogen) atoms. The van der Waals surface area contributed by atoms with E-state index >= 15 is 0 Å². The Morgan fingerprint density at radius 2 is 1.89 bits per heavy atom. The predicted molar refractivity (Wildman–Crippen MR) is 140 cm³/mol. The van der Waals surface area contributed by atoms with Crippen LogP contribution in [0.1, 0.15) is 56.8 Å². The van der Waals surface area contributed by atoms with Crippen molar-refractivity contribution in [2.75, 3.05) is 16.8 Å². The summed E-state index contributed by atoms with van der Waals surface area (Å²) in [6.07, 6.45) is 0.736. The summed E-state index contributed by atoms with van der Waals surface area (Å²) in [6.45, 7) is 5.13. The molecule has 8 heteroatoms. The first kappa shape index (κ1) is 23.8. The van der Waals surface area contributed by atoms with Gasteiger partial charge in [0, 0.05) is 24.3 Å². The third-order valence-corrected chi connectivity index (χ3v) is 6.67. The molecule has 3 aromatic carbocycles. The van der Waals surface area contributed by atoms with Crippen LogP contribution in [0.15, 0.2) is 54.6 Å². The molecule has 0 fully saturated rings. The molecule has 0 saturated heterocycles. The van der Waals surface area contributed by atoms with Gasteiger partial charge in [-0.25, -0.2) is 14.8 Å². The van der Waals surface area contributed by atoms with Gasteiger partial charge in [0.05, 0.1) is 34.3 Å². The number of aryl methyl sites for hydroxylation is 1. The number of rotatable bonds is 5. The van der Waals surface area contributed by atoms with Gasteiger partial charge in [-0.2, -0.15) is 10.5 Å². The second-order valence-electron chi connectivity index (χ2n) is 9.21. The second-order valence-corrected chi connectivity index (χ2v) is 9.21. The molecule has 0 radical (unpaired) electrons. The van der Waals surface area contributed by atoms with E-state index in [1.807, 2.05) is 44.2 Å². The van der Waals surface area contributed by atoms with E-state index in [0.717, 1.165) is 28.7 Å². The number of hydrogen-bond donors (Lipinski definition) is 2. The van der Waals surface area contributed by atoms with Gasteiger partial charge in [-0.1, -0.05) is 24.3 Å². The molecule has 0 amide bonds. The molecule has 2 N–H and O–H groups in total. The molecule has 2 heterocycles. The first-order valence-electron chi connectivity index (χ1n) is 12.0. The molecular weight excluding hydrogens is 464 g/mol. The Balaban J connectivity index is 1.56. The lowest BCUT2D eigenvalue weighted by Gasteiger charge is -2.30. The number of aromatic nitrogens is 2. The number of para-hydroxylation sites is 1. The number of carboxylic acids is 1. The van der Waals surface area contributed by atoms with Crippen LogP contribution in [0.3, 0.4) is 0 Å². The number of nitrogens with zero attached hydrogens (tertiary/aromatic N) is 5. The Bertz CT molecular complexity index is 1630. The Morgan fingerprint density at radius 1 is 1.08 bits per heavy atom. The summed E-state index contributed by atoms with van der Waals surface area (Å²) in [5.41, 5.74) is 6.95. The number of benzene rings is 3. The molecule has 0 saturated carbocycles. The van der Waals surface area contributed by atoms with Crippen LogP contribution in [0.4, 0.5) is 11.5 Å². The van der Waals surface area contributed by atoms with Crippen molar-refractivity contribution < 1.29 is 9.90 Å². The van der Waals surface area contributed by atoms with E-state index in [0.29, 0.717) is 41.2 Å². The Labute approximate surface area is 214 Å². The van der Waals surface area contributed by atoms with E-state index in [1.54, 1.807) is 24.3 Å². The van der Waals surface area contributed by atoms with Crippen molar-refractivity contribution in [1.29, 1.82) is 10.5 Å². The van der Waals surface area contributed by atoms with E-state index in [-0.39, 0.29) is 17.3 Å². The Morgan fingerprint density at radius 3 is 2.65 bits per heavy atom. The minimum Gasteiger partial charge on any atom is -0.478 e. The van der Waals surface area contributed by atoms with Crippen LogP contribution in [0.5, 0.6) is 0 Å². The van der Waals surface area contributed by atoms with Gasteiger partial charge in [-0.05, 0) is 67.3 Å². The van der Waals surface area contributed by atoms with Gasteiger partial charge in [0.1, 0.15) is 6.07 Å². The lowest BCUT2D eigenvalue weighted by molar-refractivity contribution is 0.0698. The average Bonchev–Trinajstić information content (AvgIpc) is 2.91. The Kier molecular flexibility index (Phi) is 6.17. The SMILES string of the molecule is Cc1cc(C(C)Nc2ccccc2C(=O)O)c2nc(N3CCc4cc(C#N)ccc4C3)c(C#N)nc2c1. The third-order valence-electron chi connectivity index (χ3n) is 6.67. The van der Waals surface area contributed by atoms with E-state index in [2.05, 4.69) is 27.3 Å². The van der Waals surface area contributed by atoms with Gasteiger partial charge in [0.25, 0.3) is 0 Å². The average molecular weight is 489 g/mol. The highest BCUT2D eigenvalue weighted by atomic mass is 16.4. The normalized spacial score (nSPS) is 13.4. The molecule has 8 nitrogen and oxygen atoms in total. The zero-order valence-corrected chi connectivity index (χ0v) is 20.5. The fourth-order valence-corrected chi connectivity index (χ4v) is 4.86. The van der Waals surface area contributed by atoms with Gasteiger partial charge >= 0.3 is 5.97 Å². The van der Waals surface area contributed by atoms with Crippen molar-refractivity contribution in [2.24, 2.45) is 0 Å². The number of fused-ring (bicyclic) bond motifs is 2. The van der Waals surface area contributed by atoms with Crippen LogP contribution in [0.2, 0.25) is 0 Å². The van der Waals surface area contributed by atoms with Crippen LogP contribution < -0.4 is 10.2 Å². The van der Waals surface area contributed by atoms with Crippen LogP contribution in [-0.4, -0.2) is 27.6 Å². The molecule has 0 bridgehead atoms. The third kappa shape index (κ3) is 4.53. The summed E-state index contributed by atoms with van der Waals surface area (Å²) < 4.78 is 0. The second kappa shape index (κ2) is 9.60. The topological polar surface area (TPSA) is 126 Å². The highest BCUT2D eigenvalue weighted by Gasteiger charge is 2.24. The van der Waals surface area contributed by atoms with E-state index in [9.17, 15) is 20.4 Å². The lowest BCUT2D eigenvalue weighted by Crippen LogP contribution is -2.32. The van der Waals surface area contributed by atoms with Gasteiger partial charge in [0.2, 0.25) is 0 Å². The van der Waals surface area contributed by atoms with Crippen molar-refractivity contribution in [1.82, 2.24) is 9.97 Å².